The zero-order valence-electron chi connectivity index (χ0n) is 9.96. The van der Waals surface area contributed by atoms with Crippen LogP contribution in [0.15, 0.2) is 12.3 Å². The van der Waals surface area contributed by atoms with Crippen molar-refractivity contribution in [3.63, 3.8) is 0 Å². The third kappa shape index (κ3) is 3.04. The highest BCUT2D eigenvalue weighted by atomic mass is 16.5. The Kier molecular flexibility index (Phi) is 3.44. The van der Waals surface area contributed by atoms with Crippen molar-refractivity contribution in [1.29, 1.82) is 0 Å². The summed E-state index contributed by atoms with van der Waals surface area (Å²) >= 11 is 0. The van der Waals surface area contributed by atoms with E-state index in [1.165, 1.54) is 0 Å². The quantitative estimate of drug-likeness (QED) is 0.773. The van der Waals surface area contributed by atoms with Gasteiger partial charge in [-0.05, 0) is 6.07 Å². The first-order chi connectivity index (χ1) is 8.09. The molecule has 6 nitrogen and oxygen atoms in total. The van der Waals surface area contributed by atoms with Gasteiger partial charge in [-0.2, -0.15) is 4.98 Å². The van der Waals surface area contributed by atoms with Crippen LogP contribution in [0.4, 0.5) is 11.8 Å². The minimum atomic E-state index is -0.702. The first-order valence-corrected chi connectivity index (χ1v) is 5.69. The third-order valence-corrected chi connectivity index (χ3v) is 3.01. The molecule has 0 aromatic carbocycles. The second kappa shape index (κ2) is 4.85. The molecule has 2 heterocycles. The van der Waals surface area contributed by atoms with Crippen molar-refractivity contribution in [3.05, 3.63) is 12.3 Å². The first-order valence-electron chi connectivity index (χ1n) is 5.69. The topological polar surface area (TPSA) is 84.5 Å². The fraction of sp³-hybridized carbons (Fsp3) is 0.636. The lowest BCUT2D eigenvalue weighted by molar-refractivity contribution is -0.0573. The van der Waals surface area contributed by atoms with Crippen LogP contribution in [0.25, 0.3) is 0 Å². The number of ether oxygens (including phenoxy) is 1. The number of aliphatic hydroxyl groups is 1. The molecule has 0 unspecified atom stereocenters. The summed E-state index contributed by atoms with van der Waals surface area (Å²) in [4.78, 5) is 9.86. The van der Waals surface area contributed by atoms with Crippen molar-refractivity contribution in [2.45, 2.75) is 18.4 Å². The first kappa shape index (κ1) is 12.1. The molecule has 94 valence electrons. The summed E-state index contributed by atoms with van der Waals surface area (Å²) in [5, 5.41) is 10.4. The predicted octanol–water partition coefficient (Wildman–Crippen LogP) is 0.0365. The van der Waals surface area contributed by atoms with Crippen LogP contribution in [-0.2, 0) is 4.74 Å². The molecule has 0 aliphatic carbocycles. The number of hydrogen-bond donors (Lipinski definition) is 2. The highest BCUT2D eigenvalue weighted by molar-refractivity contribution is 5.40. The average Bonchev–Trinajstić information content (AvgIpc) is 2.29. The van der Waals surface area contributed by atoms with Gasteiger partial charge in [0, 0.05) is 45.8 Å². The van der Waals surface area contributed by atoms with Crippen LogP contribution in [0.1, 0.15) is 12.8 Å². The van der Waals surface area contributed by atoms with E-state index < -0.39 is 5.60 Å². The summed E-state index contributed by atoms with van der Waals surface area (Å²) in [6.45, 7) is 1.74. The monoisotopic (exact) mass is 238 g/mol. The van der Waals surface area contributed by atoms with Gasteiger partial charge in [0.15, 0.2) is 0 Å². The van der Waals surface area contributed by atoms with E-state index in [9.17, 15) is 5.11 Å². The molecule has 1 aliphatic rings. The Morgan fingerprint density at radius 1 is 1.53 bits per heavy atom. The van der Waals surface area contributed by atoms with E-state index >= 15 is 0 Å². The molecule has 0 saturated carbocycles. The van der Waals surface area contributed by atoms with Crippen LogP contribution < -0.4 is 10.6 Å². The summed E-state index contributed by atoms with van der Waals surface area (Å²) < 4.78 is 5.25. The van der Waals surface area contributed by atoms with Gasteiger partial charge in [-0.3, -0.25) is 0 Å². The molecule has 1 aromatic heterocycles. The number of rotatable bonds is 3. The van der Waals surface area contributed by atoms with E-state index in [2.05, 4.69) is 9.97 Å². The Labute approximate surface area is 100 Å². The smallest absolute Gasteiger partial charge is 0.221 e. The third-order valence-electron chi connectivity index (χ3n) is 3.01. The van der Waals surface area contributed by atoms with Gasteiger partial charge >= 0.3 is 0 Å². The van der Waals surface area contributed by atoms with Crippen LogP contribution in [0.2, 0.25) is 0 Å². The van der Waals surface area contributed by atoms with Crippen LogP contribution in [0.5, 0.6) is 0 Å². The molecule has 3 N–H and O–H groups in total. The van der Waals surface area contributed by atoms with Crippen LogP contribution in [-0.4, -0.2) is 47.5 Å². The zero-order valence-corrected chi connectivity index (χ0v) is 9.96. The molecule has 17 heavy (non-hydrogen) atoms. The maximum Gasteiger partial charge on any atom is 0.221 e. The standard InChI is InChI=1S/C11H18N4O2/c1-15(9-2-5-13-10(12)14-9)8-11(16)3-6-17-7-4-11/h2,5,16H,3-4,6-8H2,1H3,(H2,12,13,14). The minimum absolute atomic E-state index is 0.244. The van der Waals surface area contributed by atoms with Crippen LogP contribution >= 0.6 is 0 Å². The number of nitrogen functional groups attached to an aromatic ring is 1. The second-order valence-electron chi connectivity index (χ2n) is 4.47. The molecule has 1 aliphatic heterocycles. The molecule has 0 atom stereocenters. The van der Waals surface area contributed by atoms with E-state index in [0.717, 1.165) is 5.82 Å². The van der Waals surface area contributed by atoms with E-state index in [1.807, 2.05) is 11.9 Å². The Balaban J connectivity index is 2.03. The Morgan fingerprint density at radius 3 is 2.88 bits per heavy atom. The van der Waals surface area contributed by atoms with E-state index in [4.69, 9.17) is 10.5 Å². The van der Waals surface area contributed by atoms with Crippen molar-refractivity contribution < 1.29 is 9.84 Å². The number of anilines is 2. The molecule has 1 fully saturated rings. The highest BCUT2D eigenvalue weighted by Crippen LogP contribution is 2.23. The van der Waals surface area contributed by atoms with Crippen molar-refractivity contribution in [2.24, 2.45) is 0 Å². The van der Waals surface area contributed by atoms with Gasteiger partial charge in [0.25, 0.3) is 0 Å². The lowest BCUT2D eigenvalue weighted by Gasteiger charge is -2.35. The van der Waals surface area contributed by atoms with Crippen LogP contribution in [0.3, 0.4) is 0 Å². The molecule has 0 spiro atoms. The second-order valence-corrected chi connectivity index (χ2v) is 4.47. The molecule has 1 aromatic rings. The van der Waals surface area contributed by atoms with Crippen LogP contribution in [0, 0.1) is 0 Å². The Bertz CT molecular complexity index is 379. The van der Waals surface area contributed by atoms with Gasteiger partial charge in [0.05, 0.1) is 5.60 Å². The summed E-state index contributed by atoms with van der Waals surface area (Å²) in [5.41, 5.74) is 4.83. The van der Waals surface area contributed by atoms with Gasteiger partial charge in [-0.15, -0.1) is 0 Å². The summed E-state index contributed by atoms with van der Waals surface area (Å²) in [7, 11) is 1.88. The molecular weight excluding hydrogens is 220 g/mol. The lowest BCUT2D eigenvalue weighted by Crippen LogP contribution is -2.46. The Morgan fingerprint density at radius 2 is 2.24 bits per heavy atom. The molecule has 0 amide bonds. The molecule has 0 radical (unpaired) electrons. The number of nitrogens with zero attached hydrogens (tertiary/aromatic N) is 3. The molecule has 2 rings (SSSR count). The zero-order chi connectivity index (χ0) is 12.3. The summed E-state index contributed by atoms with van der Waals surface area (Å²) in [6.07, 6.45) is 2.91. The van der Waals surface area contributed by atoms with Gasteiger partial charge < -0.3 is 20.5 Å². The fourth-order valence-corrected chi connectivity index (χ4v) is 2.01. The predicted molar refractivity (Wildman–Crippen MR) is 64.7 cm³/mol. The number of aromatic nitrogens is 2. The largest absolute Gasteiger partial charge is 0.388 e. The SMILES string of the molecule is CN(CC1(O)CCOCC1)c1ccnc(N)n1. The normalized spacial score (nSPS) is 18.9. The van der Waals surface area contributed by atoms with E-state index in [1.54, 1.807) is 12.3 Å². The summed E-state index contributed by atoms with van der Waals surface area (Å²) in [5.74, 6) is 0.964. The van der Waals surface area contributed by atoms with Crippen molar-refractivity contribution in [2.75, 3.05) is 37.4 Å². The minimum Gasteiger partial charge on any atom is -0.388 e. The summed E-state index contributed by atoms with van der Waals surface area (Å²) in [6, 6.07) is 1.78. The number of likely N-dealkylation sites (N-methyl/N-ethyl adjacent to an activating group) is 1. The van der Waals surface area contributed by atoms with Crippen molar-refractivity contribution >= 4 is 11.8 Å². The maximum absolute atomic E-state index is 10.4. The molecule has 1 saturated heterocycles. The van der Waals surface area contributed by atoms with Crippen molar-refractivity contribution in [3.8, 4) is 0 Å². The van der Waals surface area contributed by atoms with E-state index in [-0.39, 0.29) is 5.95 Å². The molecule has 0 bridgehead atoms. The van der Waals surface area contributed by atoms with Gasteiger partial charge in [0.1, 0.15) is 5.82 Å². The molecular formula is C11H18N4O2. The van der Waals surface area contributed by atoms with Gasteiger partial charge in [-0.1, -0.05) is 0 Å². The fourth-order valence-electron chi connectivity index (χ4n) is 2.01. The lowest BCUT2D eigenvalue weighted by atomic mass is 9.94. The molecule has 6 heteroatoms. The Hall–Kier alpha value is -1.40. The highest BCUT2D eigenvalue weighted by Gasteiger charge is 2.31. The number of nitrogens with two attached hydrogens (primary N) is 1. The van der Waals surface area contributed by atoms with Crippen molar-refractivity contribution in [1.82, 2.24) is 9.97 Å². The maximum atomic E-state index is 10.4. The van der Waals surface area contributed by atoms with Gasteiger partial charge in [0.2, 0.25) is 5.95 Å². The average molecular weight is 238 g/mol. The van der Waals surface area contributed by atoms with E-state index in [0.29, 0.717) is 32.6 Å². The number of hydrogen-bond acceptors (Lipinski definition) is 6. The van der Waals surface area contributed by atoms with Gasteiger partial charge in [-0.25, -0.2) is 4.98 Å².